The fourth-order valence-electron chi connectivity index (χ4n) is 4.96. The first kappa shape index (κ1) is 28.7. The molecular formula is C28H26F6N4O3. The van der Waals surface area contributed by atoms with Crippen LogP contribution in [0.25, 0.3) is 0 Å². The molecule has 2 aliphatic rings. The van der Waals surface area contributed by atoms with E-state index in [-0.39, 0.29) is 25.6 Å². The van der Waals surface area contributed by atoms with Gasteiger partial charge in [0.15, 0.2) is 0 Å². The van der Waals surface area contributed by atoms with Gasteiger partial charge in [0.2, 0.25) is 0 Å². The van der Waals surface area contributed by atoms with Crippen LogP contribution >= 0.6 is 0 Å². The van der Waals surface area contributed by atoms with Gasteiger partial charge in [0.25, 0.3) is 5.91 Å². The minimum absolute atomic E-state index is 0.0104. The van der Waals surface area contributed by atoms with Crippen molar-refractivity contribution in [1.29, 1.82) is 0 Å². The maximum absolute atomic E-state index is 13.4. The summed E-state index contributed by atoms with van der Waals surface area (Å²) in [7, 11) is 1.57. The second-order valence-corrected chi connectivity index (χ2v) is 9.79. The van der Waals surface area contributed by atoms with Crippen molar-refractivity contribution in [2.45, 2.75) is 31.7 Å². The number of halogens is 6. The molecule has 0 N–H and O–H groups in total. The zero-order valence-electron chi connectivity index (χ0n) is 22.0. The molecule has 218 valence electrons. The maximum atomic E-state index is 13.4. The average Bonchev–Trinajstić information content (AvgIpc) is 2.95. The van der Waals surface area contributed by atoms with E-state index in [9.17, 15) is 31.1 Å². The molecule has 1 amide bonds. The van der Waals surface area contributed by atoms with Crippen LogP contribution in [0.2, 0.25) is 0 Å². The summed E-state index contributed by atoms with van der Waals surface area (Å²) in [5.41, 5.74) is -1.53. The average molecular weight is 581 g/mol. The van der Waals surface area contributed by atoms with E-state index in [1.807, 2.05) is 29.2 Å². The first-order valence-electron chi connectivity index (χ1n) is 12.9. The summed E-state index contributed by atoms with van der Waals surface area (Å²) in [6, 6.07) is 8.41. The lowest BCUT2D eigenvalue weighted by Gasteiger charge is -2.34. The molecule has 1 fully saturated rings. The summed E-state index contributed by atoms with van der Waals surface area (Å²) in [6.45, 7) is 1.98. The van der Waals surface area contributed by atoms with Gasteiger partial charge in [-0.15, -0.1) is 0 Å². The molecule has 0 bridgehead atoms. The molecule has 2 aliphatic heterocycles. The van der Waals surface area contributed by atoms with Gasteiger partial charge in [-0.05, 0) is 35.9 Å². The number of anilines is 1. The first-order chi connectivity index (χ1) is 19.4. The van der Waals surface area contributed by atoms with E-state index in [1.54, 1.807) is 7.11 Å². The molecular weight excluding hydrogens is 554 g/mol. The summed E-state index contributed by atoms with van der Waals surface area (Å²) in [5.74, 6) is 0.881. The predicted molar refractivity (Wildman–Crippen MR) is 136 cm³/mol. The van der Waals surface area contributed by atoms with Gasteiger partial charge in [-0.25, -0.2) is 9.97 Å². The minimum atomic E-state index is -5.05. The Kier molecular flexibility index (Phi) is 7.82. The number of amides is 1. The molecule has 7 nitrogen and oxygen atoms in total. The van der Waals surface area contributed by atoms with Crippen molar-refractivity contribution in [3.05, 3.63) is 81.8 Å². The fraction of sp³-hybridized carbons (Fsp3) is 0.393. The number of carbonyl (C=O) groups excluding carboxylic acids is 1. The molecule has 13 heteroatoms. The van der Waals surface area contributed by atoms with Gasteiger partial charge in [0.05, 0.1) is 43.7 Å². The number of ether oxygens (including phenoxy) is 2. The number of fused-ring (bicyclic) bond motifs is 1. The van der Waals surface area contributed by atoms with Crippen LogP contribution in [0, 0.1) is 0 Å². The highest BCUT2D eigenvalue weighted by atomic mass is 19.4. The molecule has 0 unspecified atom stereocenters. The second-order valence-electron chi connectivity index (χ2n) is 9.79. The molecule has 0 spiro atoms. The number of rotatable bonds is 5. The fourth-order valence-corrected chi connectivity index (χ4v) is 4.96. The largest absolute Gasteiger partial charge is 0.497 e. The van der Waals surface area contributed by atoms with Gasteiger partial charge >= 0.3 is 12.4 Å². The van der Waals surface area contributed by atoms with Crippen molar-refractivity contribution in [3.8, 4) is 5.75 Å². The lowest BCUT2D eigenvalue weighted by molar-refractivity contribution is -0.143. The van der Waals surface area contributed by atoms with Gasteiger partial charge in [-0.3, -0.25) is 4.79 Å². The smallest absolute Gasteiger partial charge is 0.416 e. The van der Waals surface area contributed by atoms with E-state index < -0.39 is 35.0 Å². The minimum Gasteiger partial charge on any atom is -0.497 e. The van der Waals surface area contributed by atoms with Crippen LogP contribution in [-0.2, 0) is 36.5 Å². The molecule has 0 radical (unpaired) electrons. The molecule has 0 aliphatic carbocycles. The first-order valence-corrected chi connectivity index (χ1v) is 12.9. The van der Waals surface area contributed by atoms with Gasteiger partial charge in [-0.2, -0.15) is 26.3 Å². The van der Waals surface area contributed by atoms with Crippen LogP contribution in [0.1, 0.15) is 44.1 Å². The number of carbonyl (C=O) groups is 1. The quantitative estimate of drug-likeness (QED) is 0.389. The molecule has 3 aromatic rings. The predicted octanol–water partition coefficient (Wildman–Crippen LogP) is 5.15. The highest BCUT2D eigenvalue weighted by Gasteiger charge is 2.38. The lowest BCUT2D eigenvalue weighted by Crippen LogP contribution is -2.41. The Morgan fingerprint density at radius 3 is 2.27 bits per heavy atom. The summed E-state index contributed by atoms with van der Waals surface area (Å²) in [4.78, 5) is 26.1. The van der Waals surface area contributed by atoms with Crippen molar-refractivity contribution < 1.29 is 40.6 Å². The van der Waals surface area contributed by atoms with Crippen LogP contribution in [0.5, 0.6) is 5.75 Å². The Hall–Kier alpha value is -3.87. The van der Waals surface area contributed by atoms with Gasteiger partial charge in [0.1, 0.15) is 17.4 Å². The molecule has 0 saturated carbocycles. The molecule has 1 aromatic heterocycles. The third kappa shape index (κ3) is 6.39. The van der Waals surface area contributed by atoms with Crippen LogP contribution < -0.4 is 9.64 Å². The zero-order chi connectivity index (χ0) is 29.4. The van der Waals surface area contributed by atoms with Crippen molar-refractivity contribution in [1.82, 2.24) is 14.9 Å². The van der Waals surface area contributed by atoms with E-state index in [2.05, 4.69) is 0 Å². The standard InChI is InChI=1S/C28H26F6N4O3/c1-40-21-4-2-3-17(11-21)12-24-35-23-5-6-38(16-22(23)25(36-24)37-7-9-41-10-8-37)26(39)18-13-19(27(29,30)31)15-20(14-18)28(32,33)34/h2-4,11,13-15H,5-10,12,16H2,1H3. The van der Waals surface area contributed by atoms with Crippen LogP contribution in [0.15, 0.2) is 42.5 Å². The summed E-state index contributed by atoms with van der Waals surface area (Å²) in [5, 5.41) is 0. The monoisotopic (exact) mass is 580 g/mol. The van der Waals surface area contributed by atoms with Crippen molar-refractivity contribution in [2.75, 3.05) is 44.9 Å². The third-order valence-electron chi connectivity index (χ3n) is 7.01. The number of hydrogen-bond acceptors (Lipinski definition) is 6. The molecule has 5 rings (SSSR count). The van der Waals surface area contributed by atoms with Gasteiger partial charge < -0.3 is 19.3 Å². The van der Waals surface area contributed by atoms with Crippen molar-refractivity contribution in [2.24, 2.45) is 0 Å². The second kappa shape index (κ2) is 11.2. The Bertz CT molecular complexity index is 1410. The van der Waals surface area contributed by atoms with Crippen LogP contribution in [-0.4, -0.2) is 60.7 Å². The summed E-state index contributed by atoms with van der Waals surface area (Å²) in [6.07, 6.45) is -9.44. The number of benzene rings is 2. The maximum Gasteiger partial charge on any atom is 0.416 e. The van der Waals surface area contributed by atoms with E-state index in [4.69, 9.17) is 19.4 Å². The van der Waals surface area contributed by atoms with Gasteiger partial charge in [-0.1, -0.05) is 12.1 Å². The van der Waals surface area contributed by atoms with E-state index in [1.165, 1.54) is 4.90 Å². The van der Waals surface area contributed by atoms with Crippen LogP contribution in [0.3, 0.4) is 0 Å². The topological polar surface area (TPSA) is 67.8 Å². The number of morpholine rings is 1. The summed E-state index contributed by atoms with van der Waals surface area (Å²) < 4.78 is 91.2. The highest BCUT2D eigenvalue weighted by molar-refractivity contribution is 5.95. The SMILES string of the molecule is COc1cccc(Cc2nc3c(c(N4CCOCC4)n2)CN(C(=O)c2cc(C(F)(F)F)cc(C(F)(F)F)c2)CC3)c1. The molecule has 2 aromatic carbocycles. The van der Waals surface area contributed by atoms with E-state index in [0.29, 0.717) is 73.5 Å². The molecule has 3 heterocycles. The van der Waals surface area contributed by atoms with Crippen LogP contribution in [0.4, 0.5) is 32.2 Å². The number of methoxy groups -OCH3 is 1. The van der Waals surface area contributed by atoms with Crippen molar-refractivity contribution in [3.63, 3.8) is 0 Å². The Balaban J connectivity index is 1.49. The Morgan fingerprint density at radius 2 is 1.63 bits per heavy atom. The van der Waals surface area contributed by atoms with E-state index >= 15 is 0 Å². The molecule has 41 heavy (non-hydrogen) atoms. The number of alkyl halides is 6. The van der Waals surface area contributed by atoms with Gasteiger partial charge in [0, 0.05) is 43.6 Å². The molecule has 1 saturated heterocycles. The Labute approximate surface area is 231 Å². The van der Waals surface area contributed by atoms with Crippen molar-refractivity contribution >= 4 is 11.7 Å². The lowest BCUT2D eigenvalue weighted by atomic mass is 10.0. The number of aromatic nitrogens is 2. The number of nitrogens with zero attached hydrogens (tertiary/aromatic N) is 4. The highest BCUT2D eigenvalue weighted by Crippen LogP contribution is 2.37. The Morgan fingerprint density at radius 1 is 0.951 bits per heavy atom. The number of hydrogen-bond donors (Lipinski definition) is 0. The normalized spacial score (nSPS) is 16.0. The van der Waals surface area contributed by atoms with E-state index in [0.717, 1.165) is 5.56 Å². The zero-order valence-corrected chi connectivity index (χ0v) is 22.0. The third-order valence-corrected chi connectivity index (χ3v) is 7.01. The molecule has 0 atom stereocenters. The summed E-state index contributed by atoms with van der Waals surface area (Å²) >= 11 is 0.